The number of aryl methyl sites for hydroxylation is 1. The van der Waals surface area contributed by atoms with E-state index in [1.165, 1.54) is 0 Å². The first-order valence-corrected chi connectivity index (χ1v) is 8.86. The van der Waals surface area contributed by atoms with Crippen LogP contribution in [0.5, 0.6) is 0 Å². The van der Waals surface area contributed by atoms with Gasteiger partial charge in [-0.3, -0.25) is 14.3 Å². The molecule has 2 amide bonds. The van der Waals surface area contributed by atoms with Crippen molar-refractivity contribution in [3.05, 3.63) is 53.9 Å². The molecule has 2 aromatic rings. The van der Waals surface area contributed by atoms with Crippen LogP contribution in [0.4, 0.5) is 0 Å². The van der Waals surface area contributed by atoms with E-state index in [-0.39, 0.29) is 23.9 Å². The summed E-state index contributed by atoms with van der Waals surface area (Å²) in [5.41, 5.74) is 1.29. The molecular weight excluding hydrogens is 316 g/mol. The van der Waals surface area contributed by atoms with Crippen LogP contribution >= 0.6 is 0 Å². The molecule has 2 aliphatic rings. The van der Waals surface area contributed by atoms with E-state index in [4.69, 9.17) is 0 Å². The number of carbonyl (C=O) groups excluding carboxylic acids is 2. The molecule has 1 aliphatic carbocycles. The molecule has 0 radical (unpaired) electrons. The molecule has 2 fully saturated rings. The summed E-state index contributed by atoms with van der Waals surface area (Å²) in [5, 5.41) is 7.33. The number of hydrogen-bond acceptors (Lipinski definition) is 3. The number of amides is 2. The maximum absolute atomic E-state index is 12.9. The molecule has 1 aromatic heterocycles. The zero-order valence-corrected chi connectivity index (χ0v) is 14.3. The van der Waals surface area contributed by atoms with Crippen LogP contribution in [0.15, 0.2) is 42.6 Å². The summed E-state index contributed by atoms with van der Waals surface area (Å²) in [6, 6.07) is 11.1. The SMILES string of the molecule is CCn1nccc1C(=O)N1C[C@@H]2C[C@H](NC(=O)c3ccccc3)[C@H]1C2. The lowest BCUT2D eigenvalue weighted by molar-refractivity contribution is 0.0637. The van der Waals surface area contributed by atoms with Crippen molar-refractivity contribution in [1.82, 2.24) is 20.0 Å². The zero-order chi connectivity index (χ0) is 17.4. The molecule has 25 heavy (non-hydrogen) atoms. The van der Waals surface area contributed by atoms with Crippen molar-refractivity contribution < 1.29 is 9.59 Å². The molecule has 1 aliphatic heterocycles. The van der Waals surface area contributed by atoms with Crippen molar-refractivity contribution >= 4 is 11.8 Å². The van der Waals surface area contributed by atoms with Gasteiger partial charge in [-0.25, -0.2) is 0 Å². The predicted octanol–water partition coefficient (Wildman–Crippen LogP) is 1.94. The van der Waals surface area contributed by atoms with Crippen molar-refractivity contribution in [2.45, 2.75) is 38.4 Å². The van der Waals surface area contributed by atoms with Gasteiger partial charge >= 0.3 is 0 Å². The number of piperidine rings is 1. The quantitative estimate of drug-likeness (QED) is 0.926. The molecule has 0 spiro atoms. The van der Waals surface area contributed by atoms with Crippen molar-refractivity contribution in [1.29, 1.82) is 0 Å². The number of nitrogens with zero attached hydrogens (tertiary/aromatic N) is 3. The third-order valence-electron chi connectivity index (χ3n) is 5.33. The van der Waals surface area contributed by atoms with Crippen LogP contribution in [0.25, 0.3) is 0 Å². The summed E-state index contributed by atoms with van der Waals surface area (Å²) in [6.07, 6.45) is 3.57. The molecule has 2 heterocycles. The minimum Gasteiger partial charge on any atom is -0.347 e. The number of hydrogen-bond donors (Lipinski definition) is 1. The molecule has 3 atom stereocenters. The molecule has 1 N–H and O–H groups in total. The summed E-state index contributed by atoms with van der Waals surface area (Å²) in [5.74, 6) is 0.419. The highest BCUT2D eigenvalue weighted by atomic mass is 16.2. The van der Waals surface area contributed by atoms with Crippen LogP contribution in [0.1, 0.15) is 40.6 Å². The fourth-order valence-corrected chi connectivity index (χ4v) is 4.17. The Morgan fingerprint density at radius 2 is 2.00 bits per heavy atom. The molecule has 1 saturated carbocycles. The number of aromatic nitrogens is 2. The van der Waals surface area contributed by atoms with E-state index in [9.17, 15) is 9.59 Å². The number of likely N-dealkylation sites (tertiary alicyclic amines) is 1. The van der Waals surface area contributed by atoms with E-state index in [0.717, 1.165) is 19.4 Å². The van der Waals surface area contributed by atoms with Gasteiger partial charge in [0.2, 0.25) is 0 Å². The smallest absolute Gasteiger partial charge is 0.272 e. The highest BCUT2D eigenvalue weighted by Gasteiger charge is 2.47. The zero-order valence-electron chi connectivity index (χ0n) is 14.3. The van der Waals surface area contributed by atoms with Gasteiger partial charge in [0.15, 0.2) is 0 Å². The van der Waals surface area contributed by atoms with E-state index in [1.807, 2.05) is 42.2 Å². The van der Waals surface area contributed by atoms with Gasteiger partial charge in [-0.05, 0) is 43.9 Å². The van der Waals surface area contributed by atoms with Gasteiger partial charge in [-0.2, -0.15) is 5.10 Å². The molecular formula is C19H22N4O2. The topological polar surface area (TPSA) is 67.2 Å². The van der Waals surface area contributed by atoms with Gasteiger partial charge in [0.1, 0.15) is 5.69 Å². The van der Waals surface area contributed by atoms with Gasteiger partial charge in [0.25, 0.3) is 11.8 Å². The number of fused-ring (bicyclic) bond motifs is 2. The summed E-state index contributed by atoms with van der Waals surface area (Å²) in [4.78, 5) is 27.3. The summed E-state index contributed by atoms with van der Waals surface area (Å²) in [7, 11) is 0. The van der Waals surface area contributed by atoms with Gasteiger partial charge < -0.3 is 10.2 Å². The lowest BCUT2D eigenvalue weighted by Gasteiger charge is -2.33. The standard InChI is InChI=1S/C19H22N4O2/c1-2-23-16(8-9-20-23)19(25)22-12-13-10-15(17(22)11-13)21-18(24)14-6-4-3-5-7-14/h3-9,13,15,17H,2,10-12H2,1H3,(H,21,24)/t13-,15+,17-/m1/s1. The summed E-state index contributed by atoms with van der Waals surface area (Å²) >= 11 is 0. The van der Waals surface area contributed by atoms with Crippen LogP contribution in [0, 0.1) is 5.92 Å². The number of rotatable bonds is 4. The Labute approximate surface area is 146 Å². The van der Waals surface area contributed by atoms with Crippen LogP contribution in [-0.4, -0.2) is 45.1 Å². The summed E-state index contributed by atoms with van der Waals surface area (Å²) < 4.78 is 1.73. The second kappa shape index (κ2) is 6.35. The van der Waals surface area contributed by atoms with Crippen molar-refractivity contribution in [3.63, 3.8) is 0 Å². The van der Waals surface area contributed by atoms with E-state index in [2.05, 4.69) is 10.4 Å². The Morgan fingerprint density at radius 1 is 1.20 bits per heavy atom. The van der Waals surface area contributed by atoms with Crippen LogP contribution in [-0.2, 0) is 6.54 Å². The van der Waals surface area contributed by atoms with Gasteiger partial charge in [-0.1, -0.05) is 18.2 Å². The minimum absolute atomic E-state index is 0.0190. The Balaban J connectivity index is 1.48. The monoisotopic (exact) mass is 338 g/mol. The predicted molar refractivity (Wildman–Crippen MR) is 93.1 cm³/mol. The second-order valence-corrected chi connectivity index (χ2v) is 6.84. The van der Waals surface area contributed by atoms with E-state index >= 15 is 0 Å². The maximum Gasteiger partial charge on any atom is 0.272 e. The minimum atomic E-state index is -0.0656. The number of carbonyl (C=O) groups is 2. The highest BCUT2D eigenvalue weighted by molar-refractivity contribution is 5.95. The first-order chi connectivity index (χ1) is 12.2. The molecule has 0 unspecified atom stereocenters. The number of benzene rings is 1. The molecule has 2 bridgehead atoms. The van der Waals surface area contributed by atoms with Gasteiger partial charge in [0, 0.05) is 30.9 Å². The fourth-order valence-electron chi connectivity index (χ4n) is 4.17. The van der Waals surface area contributed by atoms with Gasteiger partial charge in [0.05, 0.1) is 6.04 Å². The Bertz CT molecular complexity index is 786. The molecule has 130 valence electrons. The van der Waals surface area contributed by atoms with E-state index in [1.54, 1.807) is 16.9 Å². The van der Waals surface area contributed by atoms with Gasteiger partial charge in [-0.15, -0.1) is 0 Å². The van der Waals surface area contributed by atoms with E-state index in [0.29, 0.717) is 23.7 Å². The molecule has 6 heteroatoms. The second-order valence-electron chi connectivity index (χ2n) is 6.84. The Kier molecular flexibility index (Phi) is 4.03. The third-order valence-corrected chi connectivity index (χ3v) is 5.33. The lowest BCUT2D eigenvalue weighted by Crippen LogP contribution is -2.52. The van der Waals surface area contributed by atoms with Crippen molar-refractivity contribution in [3.8, 4) is 0 Å². The van der Waals surface area contributed by atoms with Crippen LogP contribution in [0.2, 0.25) is 0 Å². The Hall–Kier alpha value is -2.63. The molecule has 6 nitrogen and oxygen atoms in total. The first kappa shape index (κ1) is 15.9. The average molecular weight is 338 g/mol. The maximum atomic E-state index is 12.9. The molecule has 1 saturated heterocycles. The molecule has 1 aromatic carbocycles. The van der Waals surface area contributed by atoms with Crippen LogP contribution in [0.3, 0.4) is 0 Å². The first-order valence-electron chi connectivity index (χ1n) is 8.86. The number of nitrogens with one attached hydrogen (secondary N) is 1. The van der Waals surface area contributed by atoms with Crippen molar-refractivity contribution in [2.24, 2.45) is 5.92 Å². The highest BCUT2D eigenvalue weighted by Crippen LogP contribution is 2.38. The lowest BCUT2D eigenvalue weighted by atomic mass is 10.0. The Morgan fingerprint density at radius 3 is 2.72 bits per heavy atom. The fraction of sp³-hybridized carbons (Fsp3) is 0.421. The third kappa shape index (κ3) is 2.81. The normalized spacial score (nSPS) is 24.5. The molecule has 4 rings (SSSR count). The average Bonchev–Trinajstić information content (AvgIpc) is 3.36. The van der Waals surface area contributed by atoms with Crippen molar-refractivity contribution in [2.75, 3.05) is 6.54 Å². The summed E-state index contributed by atoms with van der Waals surface area (Å²) in [6.45, 7) is 3.42. The largest absolute Gasteiger partial charge is 0.347 e. The van der Waals surface area contributed by atoms with Crippen LogP contribution < -0.4 is 5.32 Å². The van der Waals surface area contributed by atoms with E-state index < -0.39 is 0 Å².